The minimum absolute atomic E-state index is 0.420. The first-order valence-electron chi connectivity index (χ1n) is 5.31. The van der Waals surface area contributed by atoms with Crippen LogP contribution in [0.4, 0.5) is 0 Å². The molecule has 92 valence electrons. The molecule has 0 saturated carbocycles. The van der Waals surface area contributed by atoms with Crippen molar-refractivity contribution in [2.24, 2.45) is 5.92 Å². The highest BCUT2D eigenvalue weighted by molar-refractivity contribution is 6.32. The van der Waals surface area contributed by atoms with E-state index in [9.17, 15) is 4.79 Å². The van der Waals surface area contributed by atoms with E-state index >= 15 is 0 Å². The van der Waals surface area contributed by atoms with Gasteiger partial charge in [-0.25, -0.2) is 0 Å². The first kappa shape index (κ1) is 12.2. The first-order valence-corrected chi connectivity index (χ1v) is 5.69. The summed E-state index contributed by atoms with van der Waals surface area (Å²) in [6, 6.07) is 5.21. The van der Waals surface area contributed by atoms with E-state index in [-0.39, 0.29) is 0 Å². The van der Waals surface area contributed by atoms with Gasteiger partial charge in [-0.15, -0.1) is 0 Å². The van der Waals surface area contributed by atoms with E-state index < -0.39 is 18.0 Å². The Morgan fingerprint density at radius 2 is 2.35 bits per heavy atom. The summed E-state index contributed by atoms with van der Waals surface area (Å²) in [5.41, 5.74) is 0.778. The van der Waals surface area contributed by atoms with Gasteiger partial charge in [-0.1, -0.05) is 17.7 Å². The highest BCUT2D eigenvalue weighted by atomic mass is 35.5. The lowest BCUT2D eigenvalue weighted by molar-refractivity contribution is -0.143. The average Bonchev–Trinajstić information content (AvgIpc) is 2.77. The number of benzene rings is 1. The van der Waals surface area contributed by atoms with Crippen molar-refractivity contribution in [3.05, 3.63) is 28.8 Å². The van der Waals surface area contributed by atoms with Crippen molar-refractivity contribution >= 4 is 17.6 Å². The van der Waals surface area contributed by atoms with Crippen LogP contribution in [0.1, 0.15) is 18.1 Å². The third-order valence-corrected chi connectivity index (χ3v) is 3.21. The van der Waals surface area contributed by atoms with Crippen molar-refractivity contribution in [2.75, 3.05) is 13.7 Å². The number of aliphatic carboxylic acids is 1. The lowest BCUT2D eigenvalue weighted by atomic mass is 9.95. The summed E-state index contributed by atoms with van der Waals surface area (Å²) in [5.74, 6) is -0.765. The van der Waals surface area contributed by atoms with Crippen LogP contribution in [0, 0.1) is 5.92 Å². The SMILES string of the molecule is COc1ccc(C2OCCC2C(=O)O)cc1Cl. The lowest BCUT2D eigenvalue weighted by Gasteiger charge is -2.16. The molecule has 1 aromatic carbocycles. The van der Waals surface area contributed by atoms with E-state index in [1.807, 2.05) is 0 Å². The second kappa shape index (κ2) is 4.94. The van der Waals surface area contributed by atoms with Crippen molar-refractivity contribution in [3.8, 4) is 5.75 Å². The molecule has 2 rings (SSSR count). The molecule has 0 aliphatic carbocycles. The molecule has 1 heterocycles. The maximum Gasteiger partial charge on any atom is 0.309 e. The quantitative estimate of drug-likeness (QED) is 0.903. The topological polar surface area (TPSA) is 55.8 Å². The fourth-order valence-corrected chi connectivity index (χ4v) is 2.30. The number of ether oxygens (including phenoxy) is 2. The van der Waals surface area contributed by atoms with Gasteiger partial charge in [0.1, 0.15) is 5.75 Å². The Labute approximate surface area is 104 Å². The predicted octanol–water partition coefficient (Wildman–Crippen LogP) is 2.51. The minimum atomic E-state index is -0.834. The number of methoxy groups -OCH3 is 1. The average molecular weight is 257 g/mol. The van der Waals surface area contributed by atoms with Gasteiger partial charge in [0.2, 0.25) is 0 Å². The molecule has 1 N–H and O–H groups in total. The van der Waals surface area contributed by atoms with E-state index in [0.717, 1.165) is 5.56 Å². The summed E-state index contributed by atoms with van der Waals surface area (Å²) in [7, 11) is 1.53. The van der Waals surface area contributed by atoms with Gasteiger partial charge in [0.05, 0.1) is 24.2 Å². The molecule has 0 radical (unpaired) electrons. The van der Waals surface area contributed by atoms with Crippen LogP contribution in [0.25, 0.3) is 0 Å². The van der Waals surface area contributed by atoms with Gasteiger partial charge in [-0.3, -0.25) is 4.79 Å². The number of hydrogen-bond donors (Lipinski definition) is 1. The summed E-state index contributed by atoms with van der Waals surface area (Å²) < 4.78 is 10.5. The van der Waals surface area contributed by atoms with Gasteiger partial charge in [0.15, 0.2) is 0 Å². The Hall–Kier alpha value is -1.26. The molecule has 1 aliphatic heterocycles. The number of hydrogen-bond acceptors (Lipinski definition) is 3. The van der Waals surface area contributed by atoms with Crippen LogP contribution in [0.2, 0.25) is 5.02 Å². The highest BCUT2D eigenvalue weighted by Gasteiger charge is 2.35. The van der Waals surface area contributed by atoms with E-state index in [1.165, 1.54) is 7.11 Å². The standard InChI is InChI=1S/C12H13ClO4/c1-16-10-3-2-7(6-9(10)13)11-8(12(14)15)4-5-17-11/h2-3,6,8,11H,4-5H2,1H3,(H,14,15). The fraction of sp³-hybridized carbons (Fsp3) is 0.417. The van der Waals surface area contributed by atoms with Crippen molar-refractivity contribution in [3.63, 3.8) is 0 Å². The number of carboxylic acids is 1. The van der Waals surface area contributed by atoms with Gasteiger partial charge >= 0.3 is 5.97 Å². The predicted molar refractivity (Wildman–Crippen MR) is 62.4 cm³/mol. The molecule has 1 fully saturated rings. The van der Waals surface area contributed by atoms with Crippen molar-refractivity contribution in [1.29, 1.82) is 0 Å². The lowest BCUT2D eigenvalue weighted by Crippen LogP contribution is -2.17. The number of rotatable bonds is 3. The summed E-state index contributed by atoms with van der Waals surface area (Å²) in [6.45, 7) is 0.464. The molecule has 2 atom stereocenters. The summed E-state index contributed by atoms with van der Waals surface area (Å²) in [5, 5.41) is 9.54. The van der Waals surface area contributed by atoms with Crippen molar-refractivity contribution in [2.45, 2.75) is 12.5 Å². The van der Waals surface area contributed by atoms with Crippen LogP contribution >= 0.6 is 11.6 Å². The molecule has 0 spiro atoms. The molecule has 2 unspecified atom stereocenters. The molecule has 1 saturated heterocycles. The zero-order valence-corrected chi connectivity index (χ0v) is 10.1. The summed E-state index contributed by atoms with van der Waals surface area (Å²) in [6.07, 6.45) is 0.111. The maximum absolute atomic E-state index is 11.1. The minimum Gasteiger partial charge on any atom is -0.495 e. The molecule has 17 heavy (non-hydrogen) atoms. The van der Waals surface area contributed by atoms with Crippen LogP contribution in [-0.2, 0) is 9.53 Å². The second-order valence-corrected chi connectivity index (χ2v) is 4.33. The van der Waals surface area contributed by atoms with Crippen LogP contribution in [0.5, 0.6) is 5.75 Å². The molecular formula is C12H13ClO4. The van der Waals surface area contributed by atoms with Gasteiger partial charge in [-0.05, 0) is 24.1 Å². The van der Waals surface area contributed by atoms with Gasteiger partial charge < -0.3 is 14.6 Å². The Balaban J connectivity index is 2.27. The molecule has 0 bridgehead atoms. The summed E-state index contributed by atoms with van der Waals surface area (Å²) >= 11 is 6.01. The van der Waals surface area contributed by atoms with Crippen LogP contribution in [0.3, 0.4) is 0 Å². The Bertz CT molecular complexity index is 433. The molecule has 0 aromatic heterocycles. The zero-order valence-electron chi connectivity index (χ0n) is 9.35. The van der Waals surface area contributed by atoms with Crippen molar-refractivity contribution < 1.29 is 19.4 Å². The Kier molecular flexibility index (Phi) is 3.54. The van der Waals surface area contributed by atoms with Crippen LogP contribution in [0.15, 0.2) is 18.2 Å². The number of halogens is 1. The van der Waals surface area contributed by atoms with Gasteiger partial charge in [0, 0.05) is 6.61 Å². The maximum atomic E-state index is 11.1. The Morgan fingerprint density at radius 1 is 1.59 bits per heavy atom. The zero-order chi connectivity index (χ0) is 12.4. The number of carbonyl (C=O) groups is 1. The molecular weight excluding hydrogens is 244 g/mol. The Morgan fingerprint density at radius 3 is 2.94 bits per heavy atom. The number of carboxylic acid groups (broad SMARTS) is 1. The van der Waals surface area contributed by atoms with E-state index in [4.69, 9.17) is 26.2 Å². The van der Waals surface area contributed by atoms with Crippen LogP contribution < -0.4 is 4.74 Å². The third-order valence-electron chi connectivity index (χ3n) is 2.91. The smallest absolute Gasteiger partial charge is 0.309 e. The molecule has 1 aromatic rings. The molecule has 1 aliphatic rings. The largest absolute Gasteiger partial charge is 0.495 e. The molecule has 0 amide bonds. The second-order valence-electron chi connectivity index (χ2n) is 3.92. The van der Waals surface area contributed by atoms with E-state index in [1.54, 1.807) is 18.2 Å². The normalized spacial score (nSPS) is 23.6. The van der Waals surface area contributed by atoms with Gasteiger partial charge in [0.25, 0.3) is 0 Å². The van der Waals surface area contributed by atoms with Gasteiger partial charge in [-0.2, -0.15) is 0 Å². The van der Waals surface area contributed by atoms with E-state index in [0.29, 0.717) is 23.8 Å². The monoisotopic (exact) mass is 256 g/mol. The molecule has 4 nitrogen and oxygen atoms in total. The van der Waals surface area contributed by atoms with E-state index in [2.05, 4.69) is 0 Å². The first-order chi connectivity index (χ1) is 8.13. The third kappa shape index (κ3) is 2.37. The van der Waals surface area contributed by atoms with Crippen molar-refractivity contribution in [1.82, 2.24) is 0 Å². The summed E-state index contributed by atoms with van der Waals surface area (Å²) in [4.78, 5) is 11.1. The highest BCUT2D eigenvalue weighted by Crippen LogP contribution is 2.37. The van der Waals surface area contributed by atoms with Crippen LogP contribution in [-0.4, -0.2) is 24.8 Å². The fourth-order valence-electron chi connectivity index (χ4n) is 2.03. The molecule has 5 heteroatoms.